The largest absolute Gasteiger partial charge is 0.463 e. The molecule has 0 saturated heterocycles. The Morgan fingerprint density at radius 3 is 1.18 bits per heavy atom. The Morgan fingerprint density at radius 1 is 0.511 bits per heavy atom. The zero-order valence-electron chi connectivity index (χ0n) is 30.7. The van der Waals surface area contributed by atoms with Gasteiger partial charge >= 0.3 is 11.9 Å². The van der Waals surface area contributed by atoms with Crippen molar-refractivity contribution in [3.05, 3.63) is 0 Å². The summed E-state index contributed by atoms with van der Waals surface area (Å²) in [6.45, 7) is 5.97. The highest BCUT2D eigenvalue weighted by atomic mass is 16.5. The Kier molecular flexibility index (Phi) is 32.0. The quantitative estimate of drug-likeness (QED) is 0.0424. The van der Waals surface area contributed by atoms with Gasteiger partial charge in [0.1, 0.15) is 32.4 Å². The van der Waals surface area contributed by atoms with Crippen LogP contribution in [0, 0.1) is 0 Å². The Labute approximate surface area is 280 Å². The van der Waals surface area contributed by atoms with Crippen molar-refractivity contribution in [2.45, 2.75) is 200 Å². The molecule has 0 spiro atoms. The molecule has 0 saturated carbocycles. The summed E-state index contributed by atoms with van der Waals surface area (Å²) in [5.41, 5.74) is 0. The molecular weight excluding hydrogens is 562 g/mol. The molecule has 0 aromatic carbocycles. The highest BCUT2D eigenvalue weighted by molar-refractivity contribution is 5.69. The zero-order valence-corrected chi connectivity index (χ0v) is 30.7. The number of rotatable bonds is 35. The van der Waals surface area contributed by atoms with Gasteiger partial charge in [0.25, 0.3) is 0 Å². The predicted molar refractivity (Wildman–Crippen MR) is 190 cm³/mol. The fourth-order valence-electron chi connectivity index (χ4n) is 6.03. The monoisotopic (exact) mass is 641 g/mol. The second-order valence-electron chi connectivity index (χ2n) is 14.4. The van der Waals surface area contributed by atoms with Gasteiger partial charge in [0.15, 0.2) is 0 Å². The number of quaternary nitrogens is 1. The molecule has 0 aliphatic carbocycles. The second-order valence-corrected chi connectivity index (χ2v) is 14.4. The fourth-order valence-corrected chi connectivity index (χ4v) is 6.03. The minimum absolute atomic E-state index is 0.0256. The highest BCUT2D eigenvalue weighted by Gasteiger charge is 2.22. The third-order valence-electron chi connectivity index (χ3n) is 9.07. The summed E-state index contributed by atoms with van der Waals surface area (Å²) in [5.74, 6) is -0.342. The van der Waals surface area contributed by atoms with E-state index in [9.17, 15) is 14.7 Å². The summed E-state index contributed by atoms with van der Waals surface area (Å²) in [4.78, 5) is 24.2. The van der Waals surface area contributed by atoms with Gasteiger partial charge in [-0.05, 0) is 12.8 Å². The normalized spacial score (nSPS) is 12.4. The van der Waals surface area contributed by atoms with E-state index in [1.807, 2.05) is 14.1 Å². The maximum absolute atomic E-state index is 12.1. The van der Waals surface area contributed by atoms with E-state index in [-0.39, 0.29) is 18.5 Å². The first-order valence-electron chi connectivity index (χ1n) is 19.6. The Hall–Kier alpha value is -1.14. The topological polar surface area (TPSA) is 72.8 Å². The molecule has 0 radical (unpaired) electrons. The molecule has 0 bridgehead atoms. The Morgan fingerprint density at radius 2 is 0.822 bits per heavy atom. The molecule has 268 valence electrons. The van der Waals surface area contributed by atoms with E-state index >= 15 is 0 Å². The van der Waals surface area contributed by atoms with Gasteiger partial charge in [0.2, 0.25) is 0 Å². The molecule has 0 rings (SSSR count). The van der Waals surface area contributed by atoms with Crippen LogP contribution in [0.1, 0.15) is 194 Å². The summed E-state index contributed by atoms with van der Waals surface area (Å²) in [6, 6.07) is 0. The third-order valence-corrected chi connectivity index (χ3v) is 9.07. The molecule has 0 fully saturated rings. The van der Waals surface area contributed by atoms with E-state index in [0.29, 0.717) is 37.0 Å². The van der Waals surface area contributed by atoms with Crippen LogP contribution >= 0.6 is 0 Å². The van der Waals surface area contributed by atoms with Gasteiger partial charge in [0, 0.05) is 12.8 Å². The van der Waals surface area contributed by atoms with Crippen molar-refractivity contribution in [2.24, 2.45) is 0 Å². The van der Waals surface area contributed by atoms with E-state index in [1.165, 1.54) is 141 Å². The van der Waals surface area contributed by atoms with Crippen molar-refractivity contribution >= 4 is 11.9 Å². The van der Waals surface area contributed by atoms with Crippen LogP contribution in [-0.4, -0.2) is 68.0 Å². The summed E-state index contributed by atoms with van der Waals surface area (Å²) in [6.07, 6.45) is 33.6. The van der Waals surface area contributed by atoms with Crippen molar-refractivity contribution in [3.63, 3.8) is 0 Å². The molecule has 6 heteroatoms. The molecule has 0 amide bonds. The Bertz CT molecular complexity index is 653. The third kappa shape index (κ3) is 34.0. The molecule has 0 aliphatic rings. The number of ether oxygens (including phenoxy) is 2. The first-order chi connectivity index (χ1) is 21.8. The lowest BCUT2D eigenvalue weighted by molar-refractivity contribution is -0.893. The van der Waals surface area contributed by atoms with E-state index in [2.05, 4.69) is 13.8 Å². The van der Waals surface area contributed by atoms with Gasteiger partial charge in [-0.15, -0.1) is 0 Å². The number of hydrogen-bond donors (Lipinski definition) is 1. The summed E-state index contributed by atoms with van der Waals surface area (Å²) in [7, 11) is 4.00. The second kappa shape index (κ2) is 32.8. The number of nitrogens with zero attached hydrogens (tertiary/aromatic N) is 1. The summed E-state index contributed by atoms with van der Waals surface area (Å²) >= 11 is 0. The van der Waals surface area contributed by atoms with E-state index in [0.717, 1.165) is 25.7 Å². The van der Waals surface area contributed by atoms with Gasteiger partial charge in [-0.25, -0.2) is 0 Å². The molecule has 0 aromatic heterocycles. The molecule has 0 aliphatic heterocycles. The average molecular weight is 641 g/mol. The molecule has 0 aromatic rings. The number of carbonyl (C=O) groups excluding carboxylic acids is 2. The minimum atomic E-state index is -0.725. The fraction of sp³-hybridized carbons (Fsp3) is 0.949. The maximum Gasteiger partial charge on any atom is 0.305 e. The number of unbranched alkanes of at least 4 members (excludes halogenated alkanes) is 24. The molecule has 1 atom stereocenters. The SMILES string of the molecule is CCCCCCCCCCCCCCCC(=O)OCC[N+](C)(C)CC(O)COC(=O)CCCCCCCCCCCCCCC. The average Bonchev–Trinajstić information content (AvgIpc) is 3.00. The zero-order chi connectivity index (χ0) is 33.3. The van der Waals surface area contributed by atoms with Crippen LogP contribution in [0.15, 0.2) is 0 Å². The number of aliphatic hydroxyl groups excluding tert-OH is 1. The number of aliphatic hydroxyl groups is 1. The molecule has 0 heterocycles. The van der Waals surface area contributed by atoms with Gasteiger partial charge in [0.05, 0.1) is 14.1 Å². The number of likely N-dealkylation sites (N-methyl/N-ethyl adjacent to an activating group) is 1. The molecule has 1 N–H and O–H groups in total. The van der Waals surface area contributed by atoms with E-state index in [4.69, 9.17) is 9.47 Å². The molecule has 1 unspecified atom stereocenters. The molecular formula is C39H78NO5+. The van der Waals surface area contributed by atoms with Crippen LogP contribution in [-0.2, 0) is 19.1 Å². The van der Waals surface area contributed by atoms with Crippen LogP contribution in [0.3, 0.4) is 0 Å². The minimum Gasteiger partial charge on any atom is -0.463 e. The van der Waals surface area contributed by atoms with Crippen molar-refractivity contribution < 1.29 is 28.7 Å². The smallest absolute Gasteiger partial charge is 0.305 e. The van der Waals surface area contributed by atoms with Gasteiger partial charge < -0.3 is 19.1 Å². The lowest BCUT2D eigenvalue weighted by atomic mass is 10.0. The van der Waals surface area contributed by atoms with Crippen LogP contribution in [0.5, 0.6) is 0 Å². The van der Waals surface area contributed by atoms with Crippen LogP contribution < -0.4 is 0 Å². The molecule has 45 heavy (non-hydrogen) atoms. The van der Waals surface area contributed by atoms with Crippen molar-refractivity contribution in [3.8, 4) is 0 Å². The summed E-state index contributed by atoms with van der Waals surface area (Å²) < 4.78 is 11.3. The summed E-state index contributed by atoms with van der Waals surface area (Å²) in [5, 5.41) is 10.4. The standard InChI is InChI=1S/C39H78NO5/c1-5-7-9-11-13-15-17-19-21-23-25-27-29-31-38(42)44-34-33-40(3,4)35-37(41)36-45-39(43)32-30-28-26-24-22-20-18-16-14-12-10-8-6-2/h37,41H,5-36H2,1-4H3/q+1. The first kappa shape index (κ1) is 43.9. The van der Waals surface area contributed by atoms with E-state index < -0.39 is 6.10 Å². The van der Waals surface area contributed by atoms with Crippen molar-refractivity contribution in [1.82, 2.24) is 0 Å². The van der Waals surface area contributed by atoms with Crippen LogP contribution in [0.25, 0.3) is 0 Å². The number of esters is 2. The van der Waals surface area contributed by atoms with Crippen LogP contribution in [0.4, 0.5) is 0 Å². The lowest BCUT2D eigenvalue weighted by Gasteiger charge is -2.31. The maximum atomic E-state index is 12.1. The van der Waals surface area contributed by atoms with Crippen molar-refractivity contribution in [1.29, 1.82) is 0 Å². The van der Waals surface area contributed by atoms with Crippen molar-refractivity contribution in [2.75, 3.05) is 40.4 Å². The van der Waals surface area contributed by atoms with Gasteiger partial charge in [-0.2, -0.15) is 0 Å². The van der Waals surface area contributed by atoms with Gasteiger partial charge in [-0.1, -0.05) is 168 Å². The highest BCUT2D eigenvalue weighted by Crippen LogP contribution is 2.15. The van der Waals surface area contributed by atoms with Crippen LogP contribution in [0.2, 0.25) is 0 Å². The lowest BCUT2D eigenvalue weighted by Crippen LogP contribution is -2.48. The van der Waals surface area contributed by atoms with Gasteiger partial charge in [-0.3, -0.25) is 9.59 Å². The predicted octanol–water partition coefficient (Wildman–Crippen LogP) is 10.5. The Balaban J connectivity index is 3.62. The van der Waals surface area contributed by atoms with E-state index in [1.54, 1.807) is 0 Å². The first-order valence-corrected chi connectivity index (χ1v) is 19.6. The molecule has 6 nitrogen and oxygen atoms in total. The number of hydrogen-bond acceptors (Lipinski definition) is 5. The number of carbonyl (C=O) groups is 2.